The molecule has 1 aromatic carbocycles. The van der Waals surface area contributed by atoms with Crippen LogP contribution in [0, 0.1) is 0 Å². The molecular weight excluding hydrogens is 306 g/mol. The van der Waals surface area contributed by atoms with Crippen LogP contribution >= 0.6 is 0 Å². The van der Waals surface area contributed by atoms with Gasteiger partial charge in [-0.05, 0) is 37.5 Å². The summed E-state index contributed by atoms with van der Waals surface area (Å²) in [5, 5.41) is 2.82. The second kappa shape index (κ2) is 10.7. The highest BCUT2D eigenvalue weighted by Crippen LogP contribution is 2.25. The number of hydrogen-bond donors (Lipinski definition) is 1. The van der Waals surface area contributed by atoms with Gasteiger partial charge in [-0.25, -0.2) is 4.79 Å². The summed E-state index contributed by atoms with van der Waals surface area (Å²) in [6.07, 6.45) is 3.74. The number of amides is 1. The minimum absolute atomic E-state index is 0.113. The fourth-order valence-electron chi connectivity index (χ4n) is 2.20. The molecule has 1 aromatic rings. The van der Waals surface area contributed by atoms with Crippen molar-refractivity contribution in [3.63, 3.8) is 0 Å². The maximum Gasteiger partial charge on any atom is 0.341 e. The fraction of sp³-hybridized carbons (Fsp3) is 0.579. The normalized spacial score (nSPS) is 11.7. The molecule has 1 rings (SSSR count). The van der Waals surface area contributed by atoms with Crippen LogP contribution in [0.25, 0.3) is 0 Å². The summed E-state index contributed by atoms with van der Waals surface area (Å²) in [5.74, 6) is 0.0355. The van der Waals surface area contributed by atoms with E-state index in [4.69, 9.17) is 9.47 Å². The average Bonchev–Trinajstić information content (AvgIpc) is 2.54. The smallest absolute Gasteiger partial charge is 0.341 e. The van der Waals surface area contributed by atoms with Gasteiger partial charge in [-0.3, -0.25) is 4.79 Å². The largest absolute Gasteiger partial charge is 0.493 e. The number of carbonyl (C=O) groups is 2. The van der Waals surface area contributed by atoms with Crippen LogP contribution in [-0.2, 0) is 9.53 Å². The monoisotopic (exact) mass is 335 g/mol. The molecule has 0 aliphatic carbocycles. The Labute approximate surface area is 144 Å². The van der Waals surface area contributed by atoms with Crippen LogP contribution in [0.1, 0.15) is 75.3 Å². The lowest BCUT2D eigenvalue weighted by atomic mass is 10.0. The first kappa shape index (κ1) is 20.0. The molecule has 0 spiro atoms. The maximum absolute atomic E-state index is 12.4. The van der Waals surface area contributed by atoms with Crippen LogP contribution in [0.4, 0.5) is 0 Å². The van der Waals surface area contributed by atoms with E-state index in [1.165, 1.54) is 6.92 Å². The van der Waals surface area contributed by atoms with Crippen LogP contribution < -0.4 is 10.1 Å². The van der Waals surface area contributed by atoms with Gasteiger partial charge in [0.2, 0.25) is 5.91 Å². The molecule has 1 amide bonds. The Kier molecular flexibility index (Phi) is 8.90. The molecule has 134 valence electrons. The van der Waals surface area contributed by atoms with Crippen molar-refractivity contribution in [1.29, 1.82) is 0 Å². The molecule has 0 saturated heterocycles. The number of carbonyl (C=O) groups excluding carboxylic acids is 2. The van der Waals surface area contributed by atoms with Crippen molar-refractivity contribution in [2.75, 3.05) is 13.2 Å². The van der Waals surface area contributed by atoms with Gasteiger partial charge in [0, 0.05) is 6.92 Å². The van der Waals surface area contributed by atoms with Gasteiger partial charge in [-0.2, -0.15) is 0 Å². The van der Waals surface area contributed by atoms with Crippen molar-refractivity contribution < 1.29 is 19.1 Å². The van der Waals surface area contributed by atoms with E-state index in [1.54, 1.807) is 12.1 Å². The van der Waals surface area contributed by atoms with Crippen LogP contribution in [0.3, 0.4) is 0 Å². The number of nitrogens with one attached hydrogen (secondary N) is 1. The highest BCUT2D eigenvalue weighted by atomic mass is 16.5. The Morgan fingerprint density at radius 3 is 2.42 bits per heavy atom. The molecule has 1 N–H and O–H groups in total. The summed E-state index contributed by atoms with van der Waals surface area (Å²) in [7, 11) is 0. The number of ether oxygens (including phenoxy) is 2. The topological polar surface area (TPSA) is 64.6 Å². The van der Waals surface area contributed by atoms with E-state index < -0.39 is 0 Å². The molecule has 5 heteroatoms. The second-order valence-electron chi connectivity index (χ2n) is 5.87. The van der Waals surface area contributed by atoms with E-state index in [2.05, 4.69) is 12.2 Å². The van der Waals surface area contributed by atoms with Crippen molar-refractivity contribution in [3.8, 4) is 5.75 Å². The lowest BCUT2D eigenvalue weighted by molar-refractivity contribution is -0.119. The van der Waals surface area contributed by atoms with Crippen LogP contribution in [0.15, 0.2) is 18.2 Å². The molecule has 0 aliphatic rings. The molecule has 0 aromatic heterocycles. The zero-order valence-corrected chi connectivity index (χ0v) is 15.2. The summed E-state index contributed by atoms with van der Waals surface area (Å²) >= 11 is 0. The maximum atomic E-state index is 12.4. The summed E-state index contributed by atoms with van der Waals surface area (Å²) in [6, 6.07) is 5.20. The first-order valence-corrected chi connectivity index (χ1v) is 8.70. The third-order valence-corrected chi connectivity index (χ3v) is 3.63. The Bertz CT molecular complexity index is 542. The van der Waals surface area contributed by atoms with E-state index in [0.717, 1.165) is 31.2 Å². The van der Waals surface area contributed by atoms with Gasteiger partial charge in [0.05, 0.1) is 19.3 Å². The third kappa shape index (κ3) is 6.60. The zero-order valence-electron chi connectivity index (χ0n) is 15.2. The minimum Gasteiger partial charge on any atom is -0.493 e. The van der Waals surface area contributed by atoms with Crippen molar-refractivity contribution >= 4 is 11.9 Å². The lowest BCUT2D eigenvalue weighted by Gasteiger charge is -2.16. The standard InChI is InChI=1S/C19H29NO4/c1-5-7-11-23-18-10-9-16(14(3)20-15(4)21)13-17(18)19(22)24-12-8-6-2/h9-10,13-14H,5-8,11-12H2,1-4H3,(H,20,21). The van der Waals surface area contributed by atoms with Crippen LogP contribution in [0.5, 0.6) is 5.75 Å². The molecule has 0 aliphatic heterocycles. The van der Waals surface area contributed by atoms with Crippen molar-refractivity contribution in [2.24, 2.45) is 0 Å². The molecule has 0 heterocycles. The van der Waals surface area contributed by atoms with Crippen LogP contribution in [0.2, 0.25) is 0 Å². The van der Waals surface area contributed by atoms with E-state index in [1.807, 2.05) is 19.9 Å². The quantitative estimate of drug-likeness (QED) is 0.518. The lowest BCUT2D eigenvalue weighted by Crippen LogP contribution is -2.24. The van der Waals surface area contributed by atoms with Gasteiger partial charge < -0.3 is 14.8 Å². The van der Waals surface area contributed by atoms with Crippen molar-refractivity contribution in [3.05, 3.63) is 29.3 Å². The van der Waals surface area contributed by atoms with Crippen molar-refractivity contribution in [2.45, 2.75) is 59.4 Å². The number of rotatable bonds is 10. The summed E-state index contributed by atoms with van der Waals surface area (Å²) in [6.45, 7) is 8.44. The van der Waals surface area contributed by atoms with E-state index in [-0.39, 0.29) is 17.9 Å². The van der Waals surface area contributed by atoms with Gasteiger partial charge in [0.25, 0.3) is 0 Å². The Balaban J connectivity index is 2.97. The van der Waals surface area contributed by atoms with Gasteiger partial charge in [-0.1, -0.05) is 32.8 Å². The Morgan fingerprint density at radius 1 is 1.12 bits per heavy atom. The molecule has 5 nitrogen and oxygen atoms in total. The van der Waals surface area contributed by atoms with Crippen LogP contribution in [-0.4, -0.2) is 25.1 Å². The zero-order chi connectivity index (χ0) is 17.9. The molecule has 0 saturated carbocycles. The molecular formula is C19H29NO4. The first-order valence-electron chi connectivity index (χ1n) is 8.70. The number of benzene rings is 1. The highest BCUT2D eigenvalue weighted by molar-refractivity contribution is 5.92. The van der Waals surface area contributed by atoms with E-state index in [0.29, 0.717) is 24.5 Å². The fourth-order valence-corrected chi connectivity index (χ4v) is 2.20. The predicted molar refractivity (Wildman–Crippen MR) is 94.3 cm³/mol. The van der Waals surface area contributed by atoms with E-state index in [9.17, 15) is 9.59 Å². The molecule has 0 radical (unpaired) electrons. The predicted octanol–water partition coefficient (Wildman–Crippen LogP) is 4.02. The van der Waals surface area contributed by atoms with Gasteiger partial charge >= 0.3 is 5.97 Å². The SMILES string of the molecule is CCCCOC(=O)c1cc(C(C)NC(C)=O)ccc1OCCCC. The number of hydrogen-bond acceptors (Lipinski definition) is 4. The molecule has 1 atom stereocenters. The molecule has 1 unspecified atom stereocenters. The van der Waals surface area contributed by atoms with Gasteiger partial charge in [0.15, 0.2) is 0 Å². The Morgan fingerprint density at radius 2 is 1.79 bits per heavy atom. The van der Waals surface area contributed by atoms with Gasteiger partial charge in [0.1, 0.15) is 11.3 Å². The van der Waals surface area contributed by atoms with Gasteiger partial charge in [-0.15, -0.1) is 0 Å². The number of unbranched alkanes of at least 4 members (excludes halogenated alkanes) is 2. The summed E-state index contributed by atoms with van der Waals surface area (Å²) < 4.78 is 11.1. The minimum atomic E-state index is -0.383. The third-order valence-electron chi connectivity index (χ3n) is 3.63. The average molecular weight is 335 g/mol. The molecule has 0 bridgehead atoms. The summed E-state index contributed by atoms with van der Waals surface area (Å²) in [5.41, 5.74) is 1.26. The Hall–Kier alpha value is -2.04. The van der Waals surface area contributed by atoms with E-state index >= 15 is 0 Å². The molecule has 24 heavy (non-hydrogen) atoms. The van der Waals surface area contributed by atoms with Crippen molar-refractivity contribution in [1.82, 2.24) is 5.32 Å². The highest BCUT2D eigenvalue weighted by Gasteiger charge is 2.17. The summed E-state index contributed by atoms with van der Waals surface area (Å²) in [4.78, 5) is 23.6. The second-order valence-corrected chi connectivity index (χ2v) is 5.87. The number of esters is 1. The first-order chi connectivity index (χ1) is 11.5. The molecule has 0 fully saturated rings.